The minimum absolute atomic E-state index is 0.0686. The van der Waals surface area contributed by atoms with Gasteiger partial charge in [-0.3, -0.25) is 9.90 Å². The second-order valence-corrected chi connectivity index (χ2v) is 2.47. The van der Waals surface area contributed by atoms with E-state index in [0.717, 1.165) is 6.42 Å². The van der Waals surface area contributed by atoms with Gasteiger partial charge in [0.2, 0.25) is 5.82 Å². The van der Waals surface area contributed by atoms with Gasteiger partial charge in [-0.25, -0.2) is 4.98 Å². The molecule has 5 nitrogen and oxygen atoms in total. The zero-order valence-electron chi connectivity index (χ0n) is 7.28. The third-order valence-electron chi connectivity index (χ3n) is 1.37. The topological polar surface area (TPSA) is 74.8 Å². The number of carbonyl (C=O) groups is 1. The van der Waals surface area contributed by atoms with E-state index in [1.165, 1.54) is 12.3 Å². The molecule has 1 heterocycles. The van der Waals surface area contributed by atoms with Crippen LogP contribution in [0.15, 0.2) is 12.3 Å². The summed E-state index contributed by atoms with van der Waals surface area (Å²) >= 11 is 0. The van der Waals surface area contributed by atoms with E-state index in [9.17, 15) is 9.90 Å². The average molecular weight is 180 g/mol. The molecule has 1 N–H and O–H groups in total. The van der Waals surface area contributed by atoms with Crippen molar-refractivity contribution in [2.75, 3.05) is 6.54 Å². The molecule has 0 fully saturated rings. The third-order valence-corrected chi connectivity index (χ3v) is 1.37. The van der Waals surface area contributed by atoms with E-state index in [4.69, 9.17) is 0 Å². The van der Waals surface area contributed by atoms with Crippen LogP contribution in [0.2, 0.25) is 0 Å². The van der Waals surface area contributed by atoms with Gasteiger partial charge in [0.05, 0.1) is 0 Å². The van der Waals surface area contributed by atoms with Gasteiger partial charge in [-0.1, -0.05) is 6.92 Å². The van der Waals surface area contributed by atoms with Crippen LogP contribution < -0.4 is 5.32 Å². The Balaban J connectivity index is 2.66. The molecule has 1 aromatic rings. The normalized spacial score (nSPS) is 9.62. The Morgan fingerprint density at radius 2 is 2.38 bits per heavy atom. The molecule has 1 aromatic heterocycles. The Morgan fingerprint density at radius 3 is 3.00 bits per heavy atom. The number of amides is 1. The molecule has 0 aliphatic heterocycles. The predicted octanol–water partition coefficient (Wildman–Crippen LogP) is 0.760. The summed E-state index contributed by atoms with van der Waals surface area (Å²) in [5, 5.41) is 13.3. The first-order chi connectivity index (χ1) is 6.24. The van der Waals surface area contributed by atoms with Gasteiger partial charge in [-0.05, 0) is 6.42 Å². The Labute approximate surface area is 75.8 Å². The lowest BCUT2D eigenvalue weighted by atomic mass is 10.4. The third kappa shape index (κ3) is 2.70. The van der Waals surface area contributed by atoms with E-state index < -0.39 is 11.8 Å². The van der Waals surface area contributed by atoms with E-state index in [0.29, 0.717) is 6.54 Å². The summed E-state index contributed by atoms with van der Waals surface area (Å²) < 4.78 is 0. The van der Waals surface area contributed by atoms with E-state index >= 15 is 0 Å². The number of hydrogen-bond donors (Lipinski definition) is 1. The Morgan fingerprint density at radius 1 is 1.62 bits per heavy atom. The van der Waals surface area contributed by atoms with Crippen LogP contribution in [-0.2, 0) is 5.11 Å². The second-order valence-electron chi connectivity index (χ2n) is 2.47. The molecular weight excluding hydrogens is 170 g/mol. The molecule has 0 aromatic carbocycles. The highest BCUT2D eigenvalue weighted by atomic mass is 16.3. The monoisotopic (exact) mass is 180 g/mol. The molecule has 69 valence electrons. The number of nitrogens with one attached hydrogen (secondary N) is 1. The van der Waals surface area contributed by atoms with Gasteiger partial charge >= 0.3 is 0 Å². The summed E-state index contributed by atoms with van der Waals surface area (Å²) in [5.74, 6) is -0.919. The van der Waals surface area contributed by atoms with Crippen molar-refractivity contribution < 1.29 is 9.90 Å². The minimum atomic E-state index is -0.448. The molecule has 5 heteroatoms. The van der Waals surface area contributed by atoms with Gasteiger partial charge < -0.3 is 5.32 Å². The summed E-state index contributed by atoms with van der Waals surface area (Å²) in [6.45, 7) is 2.50. The molecule has 0 saturated heterocycles. The number of aromatic nitrogens is 2. The van der Waals surface area contributed by atoms with Crippen molar-refractivity contribution in [3.63, 3.8) is 0 Å². The number of carbonyl (C=O) groups excluding carboxylic acids is 1. The van der Waals surface area contributed by atoms with Crippen molar-refractivity contribution in [2.24, 2.45) is 0 Å². The van der Waals surface area contributed by atoms with Gasteiger partial charge in [0.15, 0.2) is 0 Å². The second kappa shape index (κ2) is 4.39. The predicted molar refractivity (Wildman–Crippen MR) is 44.8 cm³/mol. The first-order valence-electron chi connectivity index (χ1n) is 4.02. The smallest absolute Gasteiger partial charge is 0.289 e. The van der Waals surface area contributed by atoms with Gasteiger partial charge in [-0.2, -0.15) is 4.98 Å². The molecule has 13 heavy (non-hydrogen) atoms. The molecular formula is C8H10N3O2. The molecule has 0 aliphatic carbocycles. The van der Waals surface area contributed by atoms with E-state index in [-0.39, 0.29) is 5.82 Å². The van der Waals surface area contributed by atoms with Crippen LogP contribution in [0.4, 0.5) is 0 Å². The van der Waals surface area contributed by atoms with E-state index in [1.54, 1.807) is 0 Å². The fourth-order valence-electron chi connectivity index (χ4n) is 0.769. The first kappa shape index (κ1) is 9.44. The SMILES string of the molecule is CCCNC(=O)c1nccc([O])n1. The molecule has 1 amide bonds. The fraction of sp³-hybridized carbons (Fsp3) is 0.375. The lowest BCUT2D eigenvalue weighted by Crippen LogP contribution is -2.25. The molecule has 0 atom stereocenters. The van der Waals surface area contributed by atoms with Crippen molar-refractivity contribution in [1.82, 2.24) is 15.3 Å². The maximum absolute atomic E-state index is 11.2. The number of rotatable bonds is 3. The molecule has 0 unspecified atom stereocenters. The van der Waals surface area contributed by atoms with Crippen molar-refractivity contribution in [1.29, 1.82) is 0 Å². The molecule has 0 spiro atoms. The highest BCUT2D eigenvalue weighted by Gasteiger charge is 2.08. The lowest BCUT2D eigenvalue weighted by molar-refractivity contribution is 0.0941. The largest absolute Gasteiger partial charge is 0.349 e. The Hall–Kier alpha value is -1.65. The van der Waals surface area contributed by atoms with Gasteiger partial charge in [0.25, 0.3) is 11.8 Å². The highest BCUT2D eigenvalue weighted by Crippen LogP contribution is 2.01. The van der Waals surface area contributed by atoms with Crippen LogP contribution >= 0.6 is 0 Å². The maximum atomic E-state index is 11.2. The number of hydrogen-bond acceptors (Lipinski definition) is 3. The minimum Gasteiger partial charge on any atom is -0.349 e. The van der Waals surface area contributed by atoms with E-state index in [2.05, 4.69) is 15.3 Å². The zero-order valence-corrected chi connectivity index (χ0v) is 7.28. The highest BCUT2D eigenvalue weighted by molar-refractivity contribution is 5.90. The summed E-state index contributed by atoms with van der Waals surface area (Å²) in [5.41, 5.74) is 0. The lowest BCUT2D eigenvalue weighted by Gasteiger charge is -2.00. The molecule has 0 aliphatic rings. The Kier molecular flexibility index (Phi) is 3.19. The van der Waals surface area contributed by atoms with Crippen LogP contribution in [0.25, 0.3) is 0 Å². The van der Waals surface area contributed by atoms with Crippen LogP contribution in [0, 0.1) is 0 Å². The first-order valence-corrected chi connectivity index (χ1v) is 4.02. The van der Waals surface area contributed by atoms with Crippen molar-refractivity contribution in [3.05, 3.63) is 18.1 Å². The van der Waals surface area contributed by atoms with E-state index in [1.807, 2.05) is 6.92 Å². The van der Waals surface area contributed by atoms with Gasteiger partial charge in [0.1, 0.15) is 0 Å². The van der Waals surface area contributed by atoms with Gasteiger partial charge in [0, 0.05) is 18.8 Å². The molecule has 0 bridgehead atoms. The van der Waals surface area contributed by atoms with Crippen LogP contribution in [0.1, 0.15) is 24.0 Å². The summed E-state index contributed by atoms with van der Waals surface area (Å²) in [6, 6.07) is 1.20. The Bertz CT molecular complexity index is 301. The zero-order chi connectivity index (χ0) is 9.68. The van der Waals surface area contributed by atoms with Crippen molar-refractivity contribution in [3.8, 4) is 5.88 Å². The number of nitrogens with zero attached hydrogens (tertiary/aromatic N) is 2. The van der Waals surface area contributed by atoms with Crippen LogP contribution in [0.3, 0.4) is 0 Å². The summed E-state index contributed by atoms with van der Waals surface area (Å²) in [6.07, 6.45) is 2.11. The molecule has 0 saturated carbocycles. The van der Waals surface area contributed by atoms with Crippen LogP contribution in [0.5, 0.6) is 5.88 Å². The maximum Gasteiger partial charge on any atom is 0.289 e. The van der Waals surface area contributed by atoms with Crippen molar-refractivity contribution in [2.45, 2.75) is 13.3 Å². The van der Waals surface area contributed by atoms with Crippen LogP contribution in [-0.4, -0.2) is 22.4 Å². The summed E-state index contributed by atoms with van der Waals surface area (Å²) in [4.78, 5) is 18.3. The average Bonchev–Trinajstić information content (AvgIpc) is 2.14. The fourth-order valence-corrected chi connectivity index (χ4v) is 0.769. The molecule has 1 radical (unpaired) electrons. The van der Waals surface area contributed by atoms with Crippen molar-refractivity contribution >= 4 is 5.91 Å². The standard InChI is InChI=1S/C8H10N3O2/c1-2-4-10-8(13)7-9-5-3-6(12)11-7/h3,5H,2,4H2,1H3,(H,10,13). The van der Waals surface area contributed by atoms with Gasteiger partial charge in [-0.15, -0.1) is 0 Å². The summed E-state index contributed by atoms with van der Waals surface area (Å²) in [7, 11) is 0. The molecule has 1 rings (SSSR count). The quantitative estimate of drug-likeness (QED) is 0.746.